The topological polar surface area (TPSA) is 163 Å². The van der Waals surface area contributed by atoms with Crippen LogP contribution < -0.4 is 11.2 Å². The highest BCUT2D eigenvalue weighted by molar-refractivity contribution is 5.90. The van der Waals surface area contributed by atoms with Crippen LogP contribution in [0.2, 0.25) is 0 Å². The molecule has 228 valence electrons. The number of aliphatic hydroxyl groups is 1. The molecule has 4 aromatic rings. The smallest absolute Gasteiger partial charge is 0.338 e. The first-order chi connectivity index (χ1) is 21.2. The summed E-state index contributed by atoms with van der Waals surface area (Å²) in [6.07, 6.45) is -5.63. The van der Waals surface area contributed by atoms with Crippen molar-refractivity contribution in [3.05, 3.63) is 140 Å². The van der Waals surface area contributed by atoms with Crippen LogP contribution in [0.1, 0.15) is 42.9 Å². The van der Waals surface area contributed by atoms with Gasteiger partial charge in [-0.3, -0.25) is 14.3 Å². The molecule has 0 saturated heterocycles. The minimum atomic E-state index is -1.79. The molecule has 12 heteroatoms. The lowest BCUT2D eigenvalue weighted by molar-refractivity contribution is -0.153. The molecule has 0 saturated carbocycles. The monoisotopic (exact) mass is 602 g/mol. The summed E-state index contributed by atoms with van der Waals surface area (Å²) >= 11 is 0. The van der Waals surface area contributed by atoms with E-state index in [0.29, 0.717) is 0 Å². The zero-order valence-electron chi connectivity index (χ0n) is 23.8. The van der Waals surface area contributed by atoms with Gasteiger partial charge >= 0.3 is 23.6 Å². The molecule has 4 rings (SSSR count). The Bertz CT molecular complexity index is 1690. The Labute approximate surface area is 251 Å². The fourth-order valence-electron chi connectivity index (χ4n) is 4.28. The number of aliphatic hydroxyl groups excluding tert-OH is 1. The van der Waals surface area contributed by atoms with Gasteiger partial charge in [-0.05, 0) is 43.3 Å². The molecule has 2 N–H and O–H groups in total. The van der Waals surface area contributed by atoms with E-state index in [1.165, 1.54) is 56.6 Å². The molecule has 0 bridgehead atoms. The quantitative estimate of drug-likeness (QED) is 0.182. The van der Waals surface area contributed by atoms with Crippen LogP contribution >= 0.6 is 0 Å². The fraction of sp³-hybridized carbons (Fsp3) is 0.219. The number of esters is 3. The molecule has 12 nitrogen and oxygen atoms in total. The predicted octanol–water partition coefficient (Wildman–Crippen LogP) is 2.66. The van der Waals surface area contributed by atoms with Crippen LogP contribution in [0, 0.1) is 6.92 Å². The molecule has 1 heterocycles. The lowest BCUT2D eigenvalue weighted by atomic mass is 10.1. The summed E-state index contributed by atoms with van der Waals surface area (Å²) in [5.74, 6) is -2.59. The van der Waals surface area contributed by atoms with Crippen LogP contribution in [0.5, 0.6) is 0 Å². The Morgan fingerprint density at radius 2 is 1.20 bits per heavy atom. The zero-order chi connectivity index (χ0) is 31.6. The Kier molecular flexibility index (Phi) is 10.6. The van der Waals surface area contributed by atoms with Gasteiger partial charge in [-0.25, -0.2) is 19.2 Å². The van der Waals surface area contributed by atoms with Crippen LogP contribution in [0.3, 0.4) is 0 Å². The summed E-state index contributed by atoms with van der Waals surface area (Å²) in [7, 11) is 1.19. The number of rotatable bonds is 12. The summed E-state index contributed by atoms with van der Waals surface area (Å²) in [6.45, 7) is 0.743. The van der Waals surface area contributed by atoms with Crippen molar-refractivity contribution in [1.29, 1.82) is 0 Å². The summed E-state index contributed by atoms with van der Waals surface area (Å²) in [5, 5.41) is 11.4. The number of H-pyrrole nitrogens is 1. The van der Waals surface area contributed by atoms with Crippen molar-refractivity contribution in [3.63, 3.8) is 0 Å². The van der Waals surface area contributed by atoms with E-state index in [1.807, 2.05) is 0 Å². The SMILES string of the molecule is COC(C(OC(=O)c1ccccc1)C(OC(=O)c1ccccc1)C(O)COC(=O)c1ccccc1)n1cc(C)c(=O)[nH]c1=O. The summed E-state index contributed by atoms with van der Waals surface area (Å²) in [4.78, 5) is 66.4. The first kappa shape index (κ1) is 31.6. The molecule has 0 aliphatic heterocycles. The molecule has 0 fully saturated rings. The van der Waals surface area contributed by atoms with Crippen molar-refractivity contribution in [2.75, 3.05) is 13.7 Å². The van der Waals surface area contributed by atoms with E-state index in [1.54, 1.807) is 54.6 Å². The standard InChI is InChI=1S/C32H30N2O10/c1-20-18-34(32(40)33-27(20)36)28(41-2)26(44-31(39)23-16-10-5-11-17-23)25(43-30(38)22-14-8-4-9-15-22)24(35)19-42-29(37)21-12-6-3-7-13-21/h3-18,24-26,28,35H,19H2,1-2H3,(H,33,36,40). The molecule has 3 aromatic carbocycles. The highest BCUT2D eigenvalue weighted by Crippen LogP contribution is 2.25. The molecule has 4 atom stereocenters. The number of carbonyl (C=O) groups is 3. The van der Waals surface area contributed by atoms with Gasteiger partial charge in [0, 0.05) is 18.9 Å². The lowest BCUT2D eigenvalue weighted by Crippen LogP contribution is -2.52. The third kappa shape index (κ3) is 7.73. The molecule has 0 radical (unpaired) electrons. The number of benzene rings is 3. The third-order valence-electron chi connectivity index (χ3n) is 6.55. The number of aryl methyl sites for hydroxylation is 1. The van der Waals surface area contributed by atoms with Crippen LogP contribution in [0.4, 0.5) is 0 Å². The summed E-state index contributed by atoms with van der Waals surface area (Å²) in [6, 6.07) is 23.6. The molecule has 0 spiro atoms. The van der Waals surface area contributed by atoms with E-state index in [2.05, 4.69) is 4.98 Å². The van der Waals surface area contributed by atoms with Crippen LogP contribution in [-0.4, -0.2) is 64.6 Å². The van der Waals surface area contributed by atoms with Crippen molar-refractivity contribution >= 4 is 17.9 Å². The van der Waals surface area contributed by atoms with Gasteiger partial charge in [0.15, 0.2) is 18.4 Å². The second-order valence-electron chi connectivity index (χ2n) is 9.61. The number of methoxy groups -OCH3 is 1. The normalized spacial score (nSPS) is 13.6. The number of ether oxygens (including phenoxy) is 4. The second kappa shape index (κ2) is 14.7. The molecular formula is C32H30N2O10. The summed E-state index contributed by atoms with van der Waals surface area (Å²) < 4.78 is 23.3. The van der Waals surface area contributed by atoms with Gasteiger partial charge in [0.25, 0.3) is 5.56 Å². The maximum atomic E-state index is 13.3. The van der Waals surface area contributed by atoms with Crippen molar-refractivity contribution in [1.82, 2.24) is 9.55 Å². The van der Waals surface area contributed by atoms with Gasteiger partial charge in [-0.2, -0.15) is 0 Å². The number of aromatic nitrogens is 2. The third-order valence-corrected chi connectivity index (χ3v) is 6.55. The Morgan fingerprint density at radius 1 is 0.750 bits per heavy atom. The predicted molar refractivity (Wildman–Crippen MR) is 156 cm³/mol. The van der Waals surface area contributed by atoms with Crippen molar-refractivity contribution < 1.29 is 38.4 Å². The number of aromatic amines is 1. The second-order valence-corrected chi connectivity index (χ2v) is 9.61. The van der Waals surface area contributed by atoms with E-state index in [4.69, 9.17) is 18.9 Å². The van der Waals surface area contributed by atoms with Crippen LogP contribution in [0.15, 0.2) is 107 Å². The largest absolute Gasteiger partial charge is 0.459 e. The first-order valence-corrected chi connectivity index (χ1v) is 13.5. The minimum Gasteiger partial charge on any atom is -0.459 e. The number of hydrogen-bond donors (Lipinski definition) is 2. The molecule has 44 heavy (non-hydrogen) atoms. The van der Waals surface area contributed by atoms with Crippen LogP contribution in [0.25, 0.3) is 0 Å². The molecule has 0 aliphatic rings. The van der Waals surface area contributed by atoms with Gasteiger partial charge in [0.1, 0.15) is 12.7 Å². The van der Waals surface area contributed by atoms with E-state index in [0.717, 1.165) is 4.57 Å². The maximum Gasteiger partial charge on any atom is 0.338 e. The van der Waals surface area contributed by atoms with E-state index in [-0.39, 0.29) is 22.3 Å². The van der Waals surface area contributed by atoms with Gasteiger partial charge < -0.3 is 24.1 Å². The Morgan fingerprint density at radius 3 is 1.68 bits per heavy atom. The van der Waals surface area contributed by atoms with Gasteiger partial charge in [-0.1, -0.05) is 54.6 Å². The highest BCUT2D eigenvalue weighted by atomic mass is 16.6. The number of nitrogens with zero attached hydrogens (tertiary/aromatic N) is 1. The average molecular weight is 603 g/mol. The van der Waals surface area contributed by atoms with Crippen molar-refractivity contribution in [2.45, 2.75) is 31.5 Å². The molecular weight excluding hydrogens is 572 g/mol. The molecule has 0 aliphatic carbocycles. The lowest BCUT2D eigenvalue weighted by Gasteiger charge is -2.35. The van der Waals surface area contributed by atoms with Crippen LogP contribution in [-0.2, 0) is 18.9 Å². The fourth-order valence-corrected chi connectivity index (χ4v) is 4.28. The minimum absolute atomic E-state index is 0.102. The van der Waals surface area contributed by atoms with Gasteiger partial charge in [-0.15, -0.1) is 0 Å². The van der Waals surface area contributed by atoms with E-state index >= 15 is 0 Å². The maximum absolute atomic E-state index is 13.3. The highest BCUT2D eigenvalue weighted by Gasteiger charge is 2.43. The van der Waals surface area contributed by atoms with E-state index in [9.17, 15) is 29.1 Å². The average Bonchev–Trinajstić information content (AvgIpc) is 3.05. The summed E-state index contributed by atoms with van der Waals surface area (Å²) in [5.41, 5.74) is -1.05. The molecule has 4 unspecified atom stereocenters. The van der Waals surface area contributed by atoms with Gasteiger partial charge in [0.05, 0.1) is 16.7 Å². The Balaban J connectivity index is 1.76. The number of hydrogen-bond acceptors (Lipinski definition) is 10. The van der Waals surface area contributed by atoms with Crippen molar-refractivity contribution in [2.24, 2.45) is 0 Å². The van der Waals surface area contributed by atoms with Crippen molar-refractivity contribution in [3.8, 4) is 0 Å². The van der Waals surface area contributed by atoms with Gasteiger partial charge in [0.2, 0.25) is 0 Å². The molecule has 1 aromatic heterocycles. The van der Waals surface area contributed by atoms with E-state index < -0.39 is 60.3 Å². The Hall–Kier alpha value is -5.33. The first-order valence-electron chi connectivity index (χ1n) is 13.5. The molecule has 0 amide bonds. The zero-order valence-corrected chi connectivity index (χ0v) is 23.8. The number of nitrogens with one attached hydrogen (secondary N) is 1. The number of carbonyl (C=O) groups excluding carboxylic acids is 3.